The second kappa shape index (κ2) is 5.82. The predicted octanol–water partition coefficient (Wildman–Crippen LogP) is 1.70. The zero-order valence-electron chi connectivity index (χ0n) is 11.9. The van der Waals surface area contributed by atoms with Gasteiger partial charge in [0, 0.05) is 24.4 Å². The van der Waals surface area contributed by atoms with Crippen molar-refractivity contribution in [2.24, 2.45) is 0 Å². The molecule has 118 valence electrons. The molecule has 7 nitrogen and oxygen atoms in total. The van der Waals surface area contributed by atoms with Gasteiger partial charge < -0.3 is 4.42 Å². The summed E-state index contributed by atoms with van der Waals surface area (Å²) in [6.07, 6.45) is 3.35. The number of amides is 1. The van der Waals surface area contributed by atoms with Crippen molar-refractivity contribution in [3.63, 3.8) is 0 Å². The van der Waals surface area contributed by atoms with Crippen LogP contribution < -0.4 is 5.32 Å². The summed E-state index contributed by atoms with van der Waals surface area (Å²) in [6.45, 7) is 2.39. The van der Waals surface area contributed by atoms with Crippen LogP contribution in [0.5, 0.6) is 0 Å². The SMILES string of the molecule is CCS(=O)(=O)N1CCc2nc(NC(=O)c3ccoc3)sc2C1. The number of sulfonamides is 1. The first-order valence-electron chi connectivity index (χ1n) is 6.79. The summed E-state index contributed by atoms with van der Waals surface area (Å²) in [5.74, 6) is -0.205. The maximum atomic E-state index is 11.9. The van der Waals surface area contributed by atoms with Crippen molar-refractivity contribution in [3.05, 3.63) is 34.7 Å². The Bertz CT molecular complexity index is 780. The zero-order valence-corrected chi connectivity index (χ0v) is 13.5. The minimum absolute atomic E-state index is 0.0885. The summed E-state index contributed by atoms with van der Waals surface area (Å²) in [7, 11) is -3.20. The highest BCUT2D eigenvalue weighted by Gasteiger charge is 2.28. The first-order valence-corrected chi connectivity index (χ1v) is 9.22. The first-order chi connectivity index (χ1) is 10.5. The lowest BCUT2D eigenvalue weighted by molar-refractivity contribution is 0.102. The molecule has 2 aromatic rings. The van der Waals surface area contributed by atoms with E-state index in [1.165, 1.54) is 28.2 Å². The molecule has 1 aliphatic heterocycles. The molecule has 9 heteroatoms. The largest absolute Gasteiger partial charge is 0.472 e. The molecule has 0 aliphatic carbocycles. The highest BCUT2D eigenvalue weighted by molar-refractivity contribution is 7.89. The molecule has 0 spiro atoms. The van der Waals surface area contributed by atoms with Gasteiger partial charge in [0.15, 0.2) is 5.13 Å². The van der Waals surface area contributed by atoms with E-state index in [2.05, 4.69) is 10.3 Å². The fraction of sp³-hybridized carbons (Fsp3) is 0.385. The first kappa shape index (κ1) is 15.2. The standard InChI is InChI=1S/C13H15N3O4S2/c1-2-22(18,19)16-5-3-10-11(7-16)21-13(14-10)15-12(17)9-4-6-20-8-9/h4,6,8H,2-3,5,7H2,1H3,(H,14,15,17). The van der Waals surface area contributed by atoms with E-state index in [1.54, 1.807) is 13.0 Å². The number of thiazole rings is 1. The minimum atomic E-state index is -3.20. The molecule has 2 aromatic heterocycles. The number of carbonyl (C=O) groups excluding carboxylic acids is 1. The lowest BCUT2D eigenvalue weighted by atomic mass is 10.2. The quantitative estimate of drug-likeness (QED) is 0.913. The Morgan fingerprint density at radius 3 is 3.05 bits per heavy atom. The van der Waals surface area contributed by atoms with E-state index in [1.807, 2.05) is 0 Å². The van der Waals surface area contributed by atoms with E-state index in [0.717, 1.165) is 10.6 Å². The fourth-order valence-electron chi connectivity index (χ4n) is 2.21. The maximum absolute atomic E-state index is 11.9. The molecule has 0 saturated carbocycles. The number of nitrogens with one attached hydrogen (secondary N) is 1. The van der Waals surface area contributed by atoms with E-state index in [0.29, 0.717) is 30.2 Å². The summed E-state index contributed by atoms with van der Waals surface area (Å²) < 4.78 is 30.2. The number of fused-ring (bicyclic) bond motifs is 1. The minimum Gasteiger partial charge on any atom is -0.472 e. The summed E-state index contributed by atoms with van der Waals surface area (Å²) in [6, 6.07) is 1.57. The van der Waals surface area contributed by atoms with Crippen molar-refractivity contribution >= 4 is 32.4 Å². The predicted molar refractivity (Wildman–Crippen MR) is 82.4 cm³/mol. The number of hydrogen-bond acceptors (Lipinski definition) is 6. The van der Waals surface area contributed by atoms with E-state index < -0.39 is 10.0 Å². The number of anilines is 1. The van der Waals surface area contributed by atoms with Crippen LogP contribution in [0.15, 0.2) is 23.0 Å². The van der Waals surface area contributed by atoms with E-state index >= 15 is 0 Å². The average Bonchev–Trinajstić information content (AvgIpc) is 3.15. The summed E-state index contributed by atoms with van der Waals surface area (Å²) in [5.41, 5.74) is 1.28. The molecule has 3 rings (SSSR count). The van der Waals surface area contributed by atoms with Gasteiger partial charge in [-0.3, -0.25) is 10.1 Å². The van der Waals surface area contributed by atoms with Gasteiger partial charge in [-0.15, -0.1) is 11.3 Å². The van der Waals surface area contributed by atoms with Crippen molar-refractivity contribution < 1.29 is 17.6 Å². The number of rotatable bonds is 4. The number of aromatic nitrogens is 1. The molecule has 1 amide bonds. The van der Waals surface area contributed by atoms with Crippen LogP contribution in [-0.4, -0.2) is 35.9 Å². The van der Waals surface area contributed by atoms with Crippen molar-refractivity contribution in [3.8, 4) is 0 Å². The molecule has 1 N–H and O–H groups in total. The Balaban J connectivity index is 1.75. The molecule has 3 heterocycles. The smallest absolute Gasteiger partial charge is 0.260 e. The van der Waals surface area contributed by atoms with E-state index in [4.69, 9.17) is 4.42 Å². The molecule has 22 heavy (non-hydrogen) atoms. The van der Waals surface area contributed by atoms with Crippen LogP contribution in [0.4, 0.5) is 5.13 Å². The van der Waals surface area contributed by atoms with Gasteiger partial charge in [-0.05, 0) is 13.0 Å². The van der Waals surface area contributed by atoms with Gasteiger partial charge in [-0.1, -0.05) is 0 Å². The molecule has 0 unspecified atom stereocenters. The van der Waals surface area contributed by atoms with Gasteiger partial charge in [-0.2, -0.15) is 4.31 Å². The highest BCUT2D eigenvalue weighted by atomic mass is 32.2. The molecular formula is C13H15N3O4S2. The van der Waals surface area contributed by atoms with Gasteiger partial charge in [0.25, 0.3) is 5.91 Å². The third-order valence-electron chi connectivity index (χ3n) is 3.46. The lowest BCUT2D eigenvalue weighted by Crippen LogP contribution is -2.36. The highest BCUT2D eigenvalue weighted by Crippen LogP contribution is 2.29. The molecular weight excluding hydrogens is 326 g/mol. The molecule has 0 radical (unpaired) electrons. The molecule has 0 aromatic carbocycles. The molecule has 0 atom stereocenters. The molecule has 0 saturated heterocycles. The van der Waals surface area contributed by atoms with Crippen LogP contribution in [0.3, 0.4) is 0 Å². The monoisotopic (exact) mass is 341 g/mol. The number of nitrogens with zero attached hydrogens (tertiary/aromatic N) is 2. The second-order valence-corrected chi connectivity index (χ2v) is 8.18. The Kier molecular flexibility index (Phi) is 4.02. The third-order valence-corrected chi connectivity index (χ3v) is 6.28. The van der Waals surface area contributed by atoms with Crippen LogP contribution in [0.1, 0.15) is 27.9 Å². The average molecular weight is 341 g/mol. The van der Waals surface area contributed by atoms with Gasteiger partial charge in [-0.25, -0.2) is 13.4 Å². The lowest BCUT2D eigenvalue weighted by Gasteiger charge is -2.24. The number of furan rings is 1. The van der Waals surface area contributed by atoms with Crippen molar-refractivity contribution in [1.29, 1.82) is 0 Å². The molecule has 1 aliphatic rings. The van der Waals surface area contributed by atoms with Crippen molar-refractivity contribution in [2.45, 2.75) is 19.9 Å². The summed E-state index contributed by atoms with van der Waals surface area (Å²) in [4.78, 5) is 17.2. The number of hydrogen-bond donors (Lipinski definition) is 1. The van der Waals surface area contributed by atoms with Crippen molar-refractivity contribution in [2.75, 3.05) is 17.6 Å². The van der Waals surface area contributed by atoms with Gasteiger partial charge >= 0.3 is 0 Å². The Hall–Kier alpha value is -1.71. The van der Waals surface area contributed by atoms with Crippen LogP contribution >= 0.6 is 11.3 Å². The van der Waals surface area contributed by atoms with E-state index in [-0.39, 0.29) is 11.7 Å². The van der Waals surface area contributed by atoms with Crippen LogP contribution in [-0.2, 0) is 23.0 Å². The zero-order chi connectivity index (χ0) is 15.7. The maximum Gasteiger partial charge on any atom is 0.260 e. The summed E-state index contributed by atoms with van der Waals surface area (Å²) >= 11 is 1.31. The molecule has 0 fully saturated rings. The Morgan fingerprint density at radius 1 is 1.55 bits per heavy atom. The van der Waals surface area contributed by atoms with E-state index in [9.17, 15) is 13.2 Å². The van der Waals surface area contributed by atoms with Gasteiger partial charge in [0.05, 0.1) is 23.3 Å². The normalized spacial score (nSPS) is 15.5. The van der Waals surface area contributed by atoms with Crippen LogP contribution in [0, 0.1) is 0 Å². The van der Waals surface area contributed by atoms with Gasteiger partial charge in [0.2, 0.25) is 10.0 Å². The van der Waals surface area contributed by atoms with Crippen LogP contribution in [0.2, 0.25) is 0 Å². The Morgan fingerprint density at radius 2 is 2.36 bits per heavy atom. The molecule has 0 bridgehead atoms. The van der Waals surface area contributed by atoms with Crippen molar-refractivity contribution in [1.82, 2.24) is 9.29 Å². The second-order valence-electron chi connectivity index (χ2n) is 4.84. The third kappa shape index (κ3) is 2.92. The van der Waals surface area contributed by atoms with Gasteiger partial charge in [0.1, 0.15) is 6.26 Å². The fourth-order valence-corrected chi connectivity index (χ4v) is 4.37. The topological polar surface area (TPSA) is 92.5 Å². The number of carbonyl (C=O) groups is 1. The van der Waals surface area contributed by atoms with Crippen LogP contribution in [0.25, 0.3) is 0 Å². The summed E-state index contributed by atoms with van der Waals surface area (Å²) in [5, 5.41) is 3.19. The Labute approximate surface area is 132 Å².